The molecule has 0 amide bonds. The zero-order valence-electron chi connectivity index (χ0n) is 23.5. The third kappa shape index (κ3) is 4.72. The van der Waals surface area contributed by atoms with E-state index < -0.39 is 0 Å². The van der Waals surface area contributed by atoms with Crippen LogP contribution >= 0.6 is 0 Å². The molecule has 5 aromatic rings. The zero-order chi connectivity index (χ0) is 27.3. The first-order valence-corrected chi connectivity index (χ1v) is 13.9. The number of anilines is 3. The van der Waals surface area contributed by atoms with Gasteiger partial charge in [-0.25, -0.2) is 4.98 Å². The summed E-state index contributed by atoms with van der Waals surface area (Å²) in [6.45, 7) is 15.8. The minimum atomic E-state index is 0.0139. The molecule has 4 heterocycles. The molecule has 1 fully saturated rings. The van der Waals surface area contributed by atoms with Crippen molar-refractivity contribution >= 4 is 33.5 Å². The summed E-state index contributed by atoms with van der Waals surface area (Å²) >= 11 is 0. The second kappa shape index (κ2) is 9.65. The van der Waals surface area contributed by atoms with Gasteiger partial charge in [-0.05, 0) is 72.9 Å². The number of fused-ring (bicyclic) bond motifs is 2. The van der Waals surface area contributed by atoms with E-state index in [2.05, 4.69) is 95.5 Å². The van der Waals surface area contributed by atoms with Crippen molar-refractivity contribution < 1.29 is 5.11 Å². The maximum Gasteiger partial charge on any atom is 0.196 e. The largest absolute Gasteiger partial charge is 0.494 e. The van der Waals surface area contributed by atoms with Gasteiger partial charge in [-0.3, -0.25) is 9.30 Å². The van der Waals surface area contributed by atoms with Crippen molar-refractivity contribution in [3.63, 3.8) is 0 Å². The number of H-pyrrole nitrogens is 1. The molecule has 1 aliphatic heterocycles. The highest BCUT2D eigenvalue weighted by Crippen LogP contribution is 2.37. The second-order valence-electron chi connectivity index (χ2n) is 11.9. The number of benzene rings is 2. The maximum absolute atomic E-state index is 10.00. The Morgan fingerprint density at radius 1 is 0.974 bits per heavy atom. The molecule has 0 aliphatic carbocycles. The van der Waals surface area contributed by atoms with Crippen LogP contribution < -0.4 is 10.2 Å². The molecule has 2 aromatic carbocycles. The summed E-state index contributed by atoms with van der Waals surface area (Å²) in [6.07, 6.45) is 5.66. The quantitative estimate of drug-likeness (QED) is 0.238. The first kappa shape index (κ1) is 25.3. The Kier molecular flexibility index (Phi) is 6.26. The Labute approximate surface area is 230 Å². The van der Waals surface area contributed by atoms with Crippen molar-refractivity contribution in [1.29, 1.82) is 0 Å². The average Bonchev–Trinajstić information content (AvgIpc) is 3.56. The van der Waals surface area contributed by atoms with Gasteiger partial charge in [0.2, 0.25) is 0 Å². The van der Waals surface area contributed by atoms with Crippen LogP contribution in [0, 0.1) is 0 Å². The number of pyridine rings is 1. The van der Waals surface area contributed by atoms with Crippen molar-refractivity contribution in [3.8, 4) is 17.1 Å². The molecule has 0 bridgehead atoms. The van der Waals surface area contributed by atoms with Gasteiger partial charge in [0.15, 0.2) is 11.5 Å². The summed E-state index contributed by atoms with van der Waals surface area (Å²) in [5.41, 5.74) is 7.70. The van der Waals surface area contributed by atoms with E-state index in [-0.39, 0.29) is 11.3 Å². The van der Waals surface area contributed by atoms with Crippen LogP contribution in [0.4, 0.5) is 17.1 Å². The van der Waals surface area contributed by atoms with Crippen LogP contribution in [0.1, 0.15) is 40.2 Å². The third-order valence-electron chi connectivity index (χ3n) is 7.98. The number of piperazine rings is 1. The van der Waals surface area contributed by atoms with Crippen LogP contribution in [0.15, 0.2) is 67.1 Å². The lowest BCUT2D eigenvalue weighted by atomic mass is 9.85. The van der Waals surface area contributed by atoms with E-state index in [1.165, 1.54) is 11.3 Å². The molecule has 0 unspecified atom stereocenters. The van der Waals surface area contributed by atoms with Gasteiger partial charge in [0.1, 0.15) is 0 Å². The summed E-state index contributed by atoms with van der Waals surface area (Å²) in [5, 5.41) is 15.4. The van der Waals surface area contributed by atoms with Crippen LogP contribution in [0.5, 0.6) is 5.88 Å². The topological polar surface area (TPSA) is 71.8 Å². The van der Waals surface area contributed by atoms with Crippen molar-refractivity contribution in [2.75, 3.05) is 36.4 Å². The summed E-state index contributed by atoms with van der Waals surface area (Å²) in [6, 6.07) is 17.7. The Balaban J connectivity index is 1.31. The average molecular weight is 523 g/mol. The SMILES string of the molecule is CC(C)N1CCN(c2ccc(Nc3ccc(-c4ccc5c(O)[nH]cc5c4)n4ccnc34)cc2C(C)(C)C)CC1. The minimum Gasteiger partial charge on any atom is -0.494 e. The van der Waals surface area contributed by atoms with Gasteiger partial charge in [0.25, 0.3) is 0 Å². The number of rotatable bonds is 5. The summed E-state index contributed by atoms with van der Waals surface area (Å²) in [7, 11) is 0. The second-order valence-corrected chi connectivity index (χ2v) is 11.9. The molecule has 202 valence electrons. The minimum absolute atomic E-state index is 0.0139. The summed E-state index contributed by atoms with van der Waals surface area (Å²) < 4.78 is 2.11. The van der Waals surface area contributed by atoms with Crippen LogP contribution in [-0.2, 0) is 5.41 Å². The van der Waals surface area contributed by atoms with Gasteiger partial charge >= 0.3 is 0 Å². The molecule has 1 saturated heterocycles. The maximum atomic E-state index is 10.00. The van der Waals surface area contributed by atoms with Crippen molar-refractivity contribution in [2.45, 2.75) is 46.1 Å². The van der Waals surface area contributed by atoms with Crippen molar-refractivity contribution in [1.82, 2.24) is 19.3 Å². The molecule has 6 rings (SSSR count). The van der Waals surface area contributed by atoms with Gasteiger partial charge in [-0.15, -0.1) is 0 Å². The van der Waals surface area contributed by atoms with E-state index in [0.717, 1.165) is 65.2 Å². The smallest absolute Gasteiger partial charge is 0.196 e. The Morgan fingerprint density at radius 2 is 1.77 bits per heavy atom. The van der Waals surface area contributed by atoms with Gasteiger partial charge in [0, 0.05) is 73.0 Å². The first-order valence-electron chi connectivity index (χ1n) is 13.9. The standard InChI is InChI=1S/C32H38N6O/c1-21(2)36-14-16-37(17-15-36)29-10-7-24(19-26(29)32(3,4)5)35-27-9-11-28(38-13-12-33-30(27)38)22-6-8-25-23(18-22)20-34-31(25)39/h6-13,18-21,34-35,39H,14-17H2,1-5H3. The van der Waals surface area contributed by atoms with E-state index in [4.69, 9.17) is 4.98 Å². The molecule has 3 N–H and O–H groups in total. The van der Waals surface area contributed by atoms with Crippen LogP contribution in [0.3, 0.4) is 0 Å². The fourth-order valence-electron chi connectivity index (χ4n) is 5.75. The highest BCUT2D eigenvalue weighted by Gasteiger charge is 2.25. The number of aromatic nitrogens is 3. The third-order valence-corrected chi connectivity index (χ3v) is 7.98. The van der Waals surface area contributed by atoms with Crippen molar-refractivity contribution in [2.24, 2.45) is 0 Å². The fraction of sp³-hybridized carbons (Fsp3) is 0.344. The fourth-order valence-corrected chi connectivity index (χ4v) is 5.75. The Hall–Kier alpha value is -3.97. The van der Waals surface area contributed by atoms with Gasteiger partial charge in [-0.1, -0.05) is 26.8 Å². The molecule has 7 heteroatoms. The first-order chi connectivity index (χ1) is 18.7. The number of hydrogen-bond donors (Lipinski definition) is 3. The van der Waals surface area contributed by atoms with E-state index in [1.54, 1.807) is 0 Å². The highest BCUT2D eigenvalue weighted by atomic mass is 16.3. The number of nitrogens with zero attached hydrogens (tertiary/aromatic N) is 4. The predicted molar refractivity (Wildman–Crippen MR) is 161 cm³/mol. The molecule has 1 aliphatic rings. The molecule has 7 nitrogen and oxygen atoms in total. The van der Waals surface area contributed by atoms with Crippen LogP contribution in [0.2, 0.25) is 0 Å². The molecule has 0 radical (unpaired) electrons. The molecule has 0 atom stereocenters. The zero-order valence-corrected chi connectivity index (χ0v) is 23.5. The molecular formula is C32H38N6O. The van der Waals surface area contributed by atoms with E-state index in [1.807, 2.05) is 30.7 Å². The monoisotopic (exact) mass is 522 g/mol. The number of aromatic amines is 1. The number of hydrogen-bond acceptors (Lipinski definition) is 5. The van der Waals surface area contributed by atoms with E-state index >= 15 is 0 Å². The Morgan fingerprint density at radius 3 is 2.51 bits per heavy atom. The lowest BCUT2D eigenvalue weighted by molar-refractivity contribution is 0.209. The number of aromatic hydroxyl groups is 1. The normalized spacial score (nSPS) is 15.1. The van der Waals surface area contributed by atoms with E-state index in [0.29, 0.717) is 6.04 Å². The van der Waals surface area contributed by atoms with Gasteiger partial charge < -0.3 is 20.3 Å². The van der Waals surface area contributed by atoms with Crippen LogP contribution in [-0.4, -0.2) is 56.6 Å². The van der Waals surface area contributed by atoms with Gasteiger partial charge in [-0.2, -0.15) is 0 Å². The van der Waals surface area contributed by atoms with Crippen molar-refractivity contribution in [3.05, 3.63) is 72.7 Å². The number of nitrogens with one attached hydrogen (secondary N) is 2. The summed E-state index contributed by atoms with van der Waals surface area (Å²) in [4.78, 5) is 12.7. The predicted octanol–water partition coefficient (Wildman–Crippen LogP) is 6.76. The molecule has 3 aromatic heterocycles. The highest BCUT2D eigenvalue weighted by molar-refractivity contribution is 5.91. The van der Waals surface area contributed by atoms with Crippen LogP contribution in [0.25, 0.3) is 27.7 Å². The molecule has 0 saturated carbocycles. The number of imidazole rings is 1. The molecular weight excluding hydrogens is 484 g/mol. The summed E-state index contributed by atoms with van der Waals surface area (Å²) in [5.74, 6) is 0.197. The Bertz CT molecular complexity index is 1630. The lowest BCUT2D eigenvalue weighted by Crippen LogP contribution is -2.49. The van der Waals surface area contributed by atoms with Gasteiger partial charge in [0.05, 0.1) is 11.4 Å². The van der Waals surface area contributed by atoms with E-state index in [9.17, 15) is 5.11 Å². The lowest BCUT2D eigenvalue weighted by Gasteiger charge is -2.40. The molecule has 0 spiro atoms. The molecule has 39 heavy (non-hydrogen) atoms.